The van der Waals surface area contributed by atoms with Crippen molar-refractivity contribution in [1.29, 1.82) is 0 Å². The van der Waals surface area contributed by atoms with Crippen LogP contribution in [0.15, 0.2) is 50.4 Å². The van der Waals surface area contributed by atoms with E-state index in [0.717, 1.165) is 47.9 Å². The summed E-state index contributed by atoms with van der Waals surface area (Å²) in [5, 5.41) is 0.952. The van der Waals surface area contributed by atoms with Crippen molar-refractivity contribution in [3.63, 3.8) is 0 Å². The van der Waals surface area contributed by atoms with Crippen molar-refractivity contribution in [2.75, 3.05) is 19.7 Å². The van der Waals surface area contributed by atoms with Gasteiger partial charge < -0.3 is 18.6 Å². The topological polar surface area (TPSA) is 81.8 Å². The number of ether oxygens (including phenoxy) is 1. The van der Waals surface area contributed by atoms with Gasteiger partial charge in [0.1, 0.15) is 11.3 Å². The van der Waals surface area contributed by atoms with Crippen LogP contribution in [0, 0.1) is 5.92 Å². The molecule has 2 atom stereocenters. The lowest BCUT2D eigenvalue weighted by Gasteiger charge is -2.42. The maximum atomic E-state index is 12.9. The van der Waals surface area contributed by atoms with Crippen molar-refractivity contribution in [1.82, 2.24) is 9.47 Å². The Morgan fingerprint density at radius 2 is 1.94 bits per heavy atom. The van der Waals surface area contributed by atoms with Crippen LogP contribution in [0.2, 0.25) is 0 Å². The Morgan fingerprint density at radius 1 is 1.06 bits per heavy atom. The van der Waals surface area contributed by atoms with Crippen LogP contribution in [-0.2, 0) is 24.2 Å². The molecule has 6 rings (SSSR count). The van der Waals surface area contributed by atoms with E-state index in [9.17, 15) is 14.4 Å². The van der Waals surface area contributed by atoms with Crippen molar-refractivity contribution in [2.45, 2.75) is 38.1 Å². The average molecular weight is 432 g/mol. The molecule has 2 aromatic heterocycles. The van der Waals surface area contributed by atoms with Crippen molar-refractivity contribution in [3.8, 4) is 5.75 Å². The van der Waals surface area contributed by atoms with E-state index in [-0.39, 0.29) is 35.5 Å². The molecule has 0 radical (unpaired) electrons. The molecule has 2 bridgehead atoms. The normalized spacial score (nSPS) is 21.3. The number of likely N-dealkylation sites (tertiary alicyclic amines) is 1. The van der Waals surface area contributed by atoms with Gasteiger partial charge in [-0.15, -0.1) is 0 Å². The van der Waals surface area contributed by atoms with Crippen LogP contribution < -0.4 is 15.9 Å². The van der Waals surface area contributed by atoms with Gasteiger partial charge in [-0.25, -0.2) is 4.79 Å². The largest absolute Gasteiger partial charge is 0.484 e. The number of aryl methyl sites for hydroxylation is 1. The summed E-state index contributed by atoms with van der Waals surface area (Å²) in [7, 11) is 0. The Balaban J connectivity index is 1.17. The molecule has 2 aliphatic heterocycles. The number of rotatable bonds is 3. The number of nitrogens with zero attached hydrogens (tertiary/aromatic N) is 2. The van der Waals surface area contributed by atoms with Gasteiger partial charge in [-0.05, 0) is 55.4 Å². The molecule has 0 unspecified atom stereocenters. The molecular weight excluding hydrogens is 408 g/mol. The fourth-order valence-corrected chi connectivity index (χ4v) is 5.69. The molecule has 7 heteroatoms. The highest BCUT2D eigenvalue weighted by Crippen LogP contribution is 2.35. The zero-order chi connectivity index (χ0) is 21.8. The number of piperidine rings is 1. The second-order valence-electron chi connectivity index (χ2n) is 9.14. The Kier molecular flexibility index (Phi) is 4.45. The van der Waals surface area contributed by atoms with E-state index in [0.29, 0.717) is 31.0 Å². The van der Waals surface area contributed by atoms with Gasteiger partial charge in [0, 0.05) is 54.3 Å². The van der Waals surface area contributed by atoms with Crippen molar-refractivity contribution >= 4 is 16.9 Å². The number of aromatic nitrogens is 1. The second kappa shape index (κ2) is 7.36. The monoisotopic (exact) mass is 432 g/mol. The molecule has 0 N–H and O–H groups in total. The highest BCUT2D eigenvalue weighted by molar-refractivity contribution is 5.83. The van der Waals surface area contributed by atoms with Crippen molar-refractivity contribution in [2.24, 2.45) is 5.92 Å². The SMILES string of the molecule is O=C(COc1ccc2c3c(c(=O)oc2c1)CCC3)N1C[C@H]2C[C@@H](C1)c1cccc(=O)n1C2. The summed E-state index contributed by atoms with van der Waals surface area (Å²) in [5.74, 6) is 0.905. The summed E-state index contributed by atoms with van der Waals surface area (Å²) in [6.45, 7) is 1.82. The third-order valence-electron chi connectivity index (χ3n) is 7.14. The Bertz CT molecular complexity index is 1350. The van der Waals surface area contributed by atoms with Gasteiger partial charge in [0.05, 0.1) is 0 Å². The predicted molar refractivity (Wildman–Crippen MR) is 118 cm³/mol. The van der Waals surface area contributed by atoms with Gasteiger partial charge in [0.25, 0.3) is 11.5 Å². The molecule has 1 amide bonds. The van der Waals surface area contributed by atoms with Gasteiger partial charge in [-0.1, -0.05) is 6.07 Å². The lowest BCUT2D eigenvalue weighted by atomic mass is 9.83. The molecule has 7 nitrogen and oxygen atoms in total. The van der Waals surface area contributed by atoms with Gasteiger partial charge in [0.15, 0.2) is 6.61 Å². The molecule has 1 aromatic carbocycles. The average Bonchev–Trinajstić information content (AvgIpc) is 3.29. The molecule has 3 aromatic rings. The number of benzene rings is 1. The van der Waals surface area contributed by atoms with Gasteiger partial charge in [-0.3, -0.25) is 9.59 Å². The van der Waals surface area contributed by atoms with E-state index in [1.165, 1.54) is 0 Å². The maximum absolute atomic E-state index is 12.9. The van der Waals surface area contributed by atoms with E-state index >= 15 is 0 Å². The van der Waals surface area contributed by atoms with E-state index in [4.69, 9.17) is 9.15 Å². The maximum Gasteiger partial charge on any atom is 0.339 e. The fourth-order valence-electron chi connectivity index (χ4n) is 5.69. The molecule has 164 valence electrons. The molecule has 3 aliphatic rings. The smallest absolute Gasteiger partial charge is 0.339 e. The molecule has 1 aliphatic carbocycles. The van der Waals surface area contributed by atoms with Crippen LogP contribution in [0.25, 0.3) is 11.0 Å². The first-order chi connectivity index (χ1) is 15.6. The first-order valence-electron chi connectivity index (χ1n) is 11.3. The molecule has 0 spiro atoms. The van der Waals surface area contributed by atoms with Crippen LogP contribution in [-0.4, -0.2) is 35.1 Å². The number of fused-ring (bicyclic) bond motifs is 7. The minimum atomic E-state index is -0.266. The van der Waals surface area contributed by atoms with Crippen LogP contribution in [0.1, 0.15) is 35.6 Å². The number of hydrogen-bond acceptors (Lipinski definition) is 5. The van der Waals surface area contributed by atoms with Crippen LogP contribution >= 0.6 is 0 Å². The summed E-state index contributed by atoms with van der Waals surface area (Å²) >= 11 is 0. The highest BCUT2D eigenvalue weighted by atomic mass is 16.5. The van der Waals surface area contributed by atoms with E-state index in [1.54, 1.807) is 18.2 Å². The highest BCUT2D eigenvalue weighted by Gasteiger charge is 2.36. The van der Waals surface area contributed by atoms with E-state index < -0.39 is 0 Å². The van der Waals surface area contributed by atoms with Crippen LogP contribution in [0.3, 0.4) is 0 Å². The standard InChI is InChI=1S/C25H24N2O5/c28-23-6-2-5-21-16-9-15(12-27(21)23)11-26(13-16)24(29)14-31-17-7-8-19-18-3-1-4-20(18)25(30)32-22(19)10-17/h2,5-8,10,15-16H,1,3-4,9,11-14H2/t15-,16+/m1/s1. The summed E-state index contributed by atoms with van der Waals surface area (Å²) in [6.07, 6.45) is 3.64. The minimum Gasteiger partial charge on any atom is -0.484 e. The number of amides is 1. The predicted octanol–water partition coefficient (Wildman–Crippen LogP) is 2.47. The van der Waals surface area contributed by atoms with Gasteiger partial charge >= 0.3 is 5.63 Å². The zero-order valence-electron chi connectivity index (χ0n) is 17.7. The molecule has 0 saturated carbocycles. The first kappa shape index (κ1) is 19.3. The first-order valence-corrected chi connectivity index (χ1v) is 11.3. The summed E-state index contributed by atoms with van der Waals surface area (Å²) in [5.41, 5.74) is 3.17. The molecule has 4 heterocycles. The lowest BCUT2D eigenvalue weighted by molar-refractivity contribution is -0.136. The van der Waals surface area contributed by atoms with Crippen LogP contribution in [0.4, 0.5) is 0 Å². The van der Waals surface area contributed by atoms with Crippen molar-refractivity contribution in [3.05, 3.63) is 74.0 Å². The Morgan fingerprint density at radius 3 is 2.84 bits per heavy atom. The molecule has 1 fully saturated rings. The Labute approximate surface area is 184 Å². The minimum absolute atomic E-state index is 0.0360. The quantitative estimate of drug-likeness (QED) is 0.594. The second-order valence-corrected chi connectivity index (χ2v) is 9.14. The summed E-state index contributed by atoms with van der Waals surface area (Å²) in [4.78, 5) is 39.2. The number of pyridine rings is 1. The molecule has 32 heavy (non-hydrogen) atoms. The van der Waals surface area contributed by atoms with Gasteiger partial charge in [0.2, 0.25) is 0 Å². The zero-order valence-corrected chi connectivity index (χ0v) is 17.7. The van der Waals surface area contributed by atoms with Gasteiger partial charge in [-0.2, -0.15) is 0 Å². The van der Waals surface area contributed by atoms with E-state index in [2.05, 4.69) is 0 Å². The molecule has 1 saturated heterocycles. The third-order valence-corrected chi connectivity index (χ3v) is 7.14. The summed E-state index contributed by atoms with van der Waals surface area (Å²) < 4.78 is 13.2. The fraction of sp³-hybridized carbons (Fsp3) is 0.400. The summed E-state index contributed by atoms with van der Waals surface area (Å²) in [6, 6.07) is 10.8. The molecular formula is C25H24N2O5. The van der Waals surface area contributed by atoms with Crippen molar-refractivity contribution < 1.29 is 13.9 Å². The number of carbonyl (C=O) groups excluding carboxylic acids is 1. The third kappa shape index (κ3) is 3.15. The van der Waals surface area contributed by atoms with E-state index in [1.807, 2.05) is 27.7 Å². The Hall–Kier alpha value is -3.35. The number of carbonyl (C=O) groups is 1. The number of hydrogen-bond donors (Lipinski definition) is 0. The van der Waals surface area contributed by atoms with Crippen LogP contribution in [0.5, 0.6) is 5.75 Å². The lowest BCUT2D eigenvalue weighted by Crippen LogP contribution is -2.50.